The molecule has 6 nitrogen and oxygen atoms in total. The highest BCUT2D eigenvalue weighted by molar-refractivity contribution is 9.10. The molecule has 1 aromatic carbocycles. The molecule has 0 radical (unpaired) electrons. The van der Waals surface area contributed by atoms with Gasteiger partial charge in [0.15, 0.2) is 0 Å². The molecule has 0 spiro atoms. The van der Waals surface area contributed by atoms with E-state index in [1.54, 1.807) is 19.1 Å². The Morgan fingerprint density at radius 1 is 1.33 bits per heavy atom. The number of carbonyl (C=O) groups excluding carboxylic acids is 2. The van der Waals surface area contributed by atoms with Gasteiger partial charge in [0.1, 0.15) is 6.10 Å². The van der Waals surface area contributed by atoms with Gasteiger partial charge in [-0.2, -0.15) is 0 Å². The lowest BCUT2D eigenvalue weighted by Gasteiger charge is -2.23. The zero-order valence-electron chi connectivity index (χ0n) is 13.7. The fraction of sp³-hybridized carbons (Fsp3) is 0.529. The average Bonchev–Trinajstić information content (AvgIpc) is 2.60. The molecule has 1 aromatic rings. The number of rotatable bonds is 7. The summed E-state index contributed by atoms with van der Waals surface area (Å²) in [5, 5.41) is 5.29. The van der Waals surface area contributed by atoms with Gasteiger partial charge in [-0.25, -0.2) is 0 Å². The van der Waals surface area contributed by atoms with Gasteiger partial charge in [-0.1, -0.05) is 15.9 Å². The third kappa shape index (κ3) is 6.59. The number of ether oxygens (including phenoxy) is 2. The molecule has 1 heterocycles. The van der Waals surface area contributed by atoms with E-state index in [4.69, 9.17) is 9.47 Å². The van der Waals surface area contributed by atoms with E-state index in [1.807, 2.05) is 12.1 Å². The van der Waals surface area contributed by atoms with Crippen molar-refractivity contribution in [2.24, 2.45) is 0 Å². The first-order valence-electron chi connectivity index (χ1n) is 8.11. The number of amides is 2. The lowest BCUT2D eigenvalue weighted by atomic mass is 10.1. The van der Waals surface area contributed by atoms with E-state index in [2.05, 4.69) is 26.6 Å². The second-order valence-corrected chi connectivity index (χ2v) is 6.65. The van der Waals surface area contributed by atoms with Crippen LogP contribution in [0.5, 0.6) is 0 Å². The van der Waals surface area contributed by atoms with Crippen molar-refractivity contribution in [3.05, 3.63) is 28.7 Å². The minimum Gasteiger partial charge on any atom is -0.376 e. The van der Waals surface area contributed by atoms with E-state index in [1.165, 1.54) is 0 Å². The number of benzene rings is 1. The molecule has 1 fully saturated rings. The summed E-state index contributed by atoms with van der Waals surface area (Å²) in [4.78, 5) is 23.8. The molecule has 0 aliphatic carbocycles. The van der Waals surface area contributed by atoms with Crippen LogP contribution in [-0.2, 0) is 19.1 Å². The molecule has 2 N–H and O–H groups in total. The number of anilines is 1. The summed E-state index contributed by atoms with van der Waals surface area (Å²) in [5.74, 6) is -0.592. The van der Waals surface area contributed by atoms with Crippen LogP contribution in [0.1, 0.15) is 26.2 Å². The van der Waals surface area contributed by atoms with E-state index in [0.29, 0.717) is 12.3 Å². The SMILES string of the molecule is CC(OCC1CCCCO1)C(=O)NCC(=O)Nc1ccc(Br)cc1. The molecule has 2 unspecified atom stereocenters. The third-order valence-electron chi connectivity index (χ3n) is 3.73. The van der Waals surface area contributed by atoms with Crippen LogP contribution in [0.3, 0.4) is 0 Å². The molecular formula is C17H23BrN2O4. The van der Waals surface area contributed by atoms with Gasteiger partial charge in [-0.05, 0) is 50.5 Å². The van der Waals surface area contributed by atoms with Crippen LogP contribution < -0.4 is 10.6 Å². The molecule has 24 heavy (non-hydrogen) atoms. The zero-order chi connectivity index (χ0) is 17.4. The summed E-state index contributed by atoms with van der Waals surface area (Å²) < 4.78 is 12.0. The molecular weight excluding hydrogens is 376 g/mol. The van der Waals surface area contributed by atoms with Crippen molar-refractivity contribution in [2.45, 2.75) is 38.4 Å². The largest absolute Gasteiger partial charge is 0.376 e. The Bertz CT molecular complexity index is 544. The Morgan fingerprint density at radius 2 is 2.08 bits per heavy atom. The van der Waals surface area contributed by atoms with Gasteiger partial charge in [0, 0.05) is 16.8 Å². The predicted molar refractivity (Wildman–Crippen MR) is 94.8 cm³/mol. The number of hydrogen-bond donors (Lipinski definition) is 2. The maximum absolute atomic E-state index is 12.0. The van der Waals surface area contributed by atoms with Gasteiger partial charge in [0.2, 0.25) is 11.8 Å². The van der Waals surface area contributed by atoms with Gasteiger partial charge < -0.3 is 20.1 Å². The lowest BCUT2D eigenvalue weighted by molar-refractivity contribution is -0.136. The van der Waals surface area contributed by atoms with Crippen molar-refractivity contribution >= 4 is 33.4 Å². The molecule has 0 aromatic heterocycles. The molecule has 0 bridgehead atoms. The topological polar surface area (TPSA) is 76.7 Å². The standard InChI is InChI=1S/C17H23BrN2O4/c1-12(24-11-15-4-2-3-9-23-15)17(22)19-10-16(21)20-14-7-5-13(18)6-8-14/h5-8,12,15H,2-4,9-11H2,1H3,(H,19,22)(H,20,21). The minimum atomic E-state index is -0.615. The molecule has 1 saturated heterocycles. The summed E-state index contributed by atoms with van der Waals surface area (Å²) in [7, 11) is 0. The van der Waals surface area contributed by atoms with E-state index < -0.39 is 6.10 Å². The van der Waals surface area contributed by atoms with Gasteiger partial charge in [-0.15, -0.1) is 0 Å². The van der Waals surface area contributed by atoms with Crippen molar-refractivity contribution in [1.29, 1.82) is 0 Å². The quantitative estimate of drug-likeness (QED) is 0.739. The van der Waals surface area contributed by atoms with Crippen LogP contribution in [0.4, 0.5) is 5.69 Å². The normalized spacial score (nSPS) is 18.7. The highest BCUT2D eigenvalue weighted by Gasteiger charge is 2.19. The summed E-state index contributed by atoms with van der Waals surface area (Å²) in [6.45, 7) is 2.73. The van der Waals surface area contributed by atoms with Gasteiger partial charge in [0.25, 0.3) is 0 Å². The summed E-state index contributed by atoms with van der Waals surface area (Å²) in [6, 6.07) is 7.22. The summed E-state index contributed by atoms with van der Waals surface area (Å²) in [5.41, 5.74) is 0.677. The Balaban J connectivity index is 1.65. The van der Waals surface area contributed by atoms with Crippen LogP contribution in [0.25, 0.3) is 0 Å². The Kier molecular flexibility index (Phi) is 7.68. The molecule has 2 amide bonds. The monoisotopic (exact) mass is 398 g/mol. The fourth-order valence-electron chi connectivity index (χ4n) is 2.32. The molecule has 132 valence electrons. The molecule has 7 heteroatoms. The number of carbonyl (C=O) groups is 2. The van der Waals surface area contributed by atoms with E-state index in [0.717, 1.165) is 30.3 Å². The maximum atomic E-state index is 12.0. The van der Waals surface area contributed by atoms with Gasteiger partial charge >= 0.3 is 0 Å². The molecule has 2 atom stereocenters. The first kappa shape index (κ1) is 18.9. The highest BCUT2D eigenvalue weighted by Crippen LogP contribution is 2.14. The number of nitrogens with one attached hydrogen (secondary N) is 2. The highest BCUT2D eigenvalue weighted by atomic mass is 79.9. The minimum absolute atomic E-state index is 0.0645. The molecule has 0 saturated carbocycles. The van der Waals surface area contributed by atoms with Crippen LogP contribution in [0.2, 0.25) is 0 Å². The van der Waals surface area contributed by atoms with E-state index in [9.17, 15) is 9.59 Å². The fourth-order valence-corrected chi connectivity index (χ4v) is 2.58. The molecule has 1 aliphatic heterocycles. The first-order valence-corrected chi connectivity index (χ1v) is 8.90. The third-order valence-corrected chi connectivity index (χ3v) is 4.26. The summed E-state index contributed by atoms with van der Waals surface area (Å²) >= 11 is 3.33. The van der Waals surface area contributed by atoms with Crippen molar-refractivity contribution < 1.29 is 19.1 Å². The molecule has 2 rings (SSSR count). The summed E-state index contributed by atoms with van der Waals surface area (Å²) in [6.07, 6.45) is 2.63. The molecule has 1 aliphatic rings. The van der Waals surface area contributed by atoms with Crippen molar-refractivity contribution in [1.82, 2.24) is 5.32 Å². The van der Waals surface area contributed by atoms with Crippen molar-refractivity contribution in [3.8, 4) is 0 Å². The lowest BCUT2D eigenvalue weighted by Crippen LogP contribution is -2.40. The predicted octanol–water partition coefficient (Wildman–Crippen LogP) is 2.48. The van der Waals surface area contributed by atoms with Crippen LogP contribution in [0.15, 0.2) is 28.7 Å². The number of hydrogen-bond acceptors (Lipinski definition) is 4. The van der Waals surface area contributed by atoms with Crippen LogP contribution in [0, 0.1) is 0 Å². The van der Waals surface area contributed by atoms with Crippen LogP contribution in [-0.4, -0.2) is 43.8 Å². The van der Waals surface area contributed by atoms with E-state index >= 15 is 0 Å². The number of halogens is 1. The average molecular weight is 399 g/mol. The zero-order valence-corrected chi connectivity index (χ0v) is 15.3. The first-order chi connectivity index (χ1) is 11.5. The Morgan fingerprint density at radius 3 is 2.75 bits per heavy atom. The van der Waals surface area contributed by atoms with Crippen LogP contribution >= 0.6 is 15.9 Å². The van der Waals surface area contributed by atoms with Gasteiger partial charge in [0.05, 0.1) is 19.3 Å². The second-order valence-electron chi connectivity index (χ2n) is 5.74. The van der Waals surface area contributed by atoms with Gasteiger partial charge in [-0.3, -0.25) is 9.59 Å². The maximum Gasteiger partial charge on any atom is 0.249 e. The second kappa shape index (κ2) is 9.76. The Labute approximate surface area is 150 Å². The Hall–Kier alpha value is -1.44. The van der Waals surface area contributed by atoms with E-state index in [-0.39, 0.29) is 24.5 Å². The van der Waals surface area contributed by atoms with Crippen molar-refractivity contribution in [3.63, 3.8) is 0 Å². The van der Waals surface area contributed by atoms with Crippen molar-refractivity contribution in [2.75, 3.05) is 25.1 Å². The smallest absolute Gasteiger partial charge is 0.249 e.